The van der Waals surface area contributed by atoms with E-state index >= 15 is 0 Å². The summed E-state index contributed by atoms with van der Waals surface area (Å²) < 4.78 is 0. The van der Waals surface area contributed by atoms with E-state index in [1.807, 2.05) is 6.92 Å². The van der Waals surface area contributed by atoms with Crippen LogP contribution in [0.2, 0.25) is 0 Å². The van der Waals surface area contributed by atoms with Crippen molar-refractivity contribution in [2.24, 2.45) is 0 Å². The van der Waals surface area contributed by atoms with E-state index in [2.05, 4.69) is 43.4 Å². The van der Waals surface area contributed by atoms with Crippen LogP contribution in [0, 0.1) is 6.92 Å². The van der Waals surface area contributed by atoms with Crippen molar-refractivity contribution in [3.05, 3.63) is 35.4 Å². The van der Waals surface area contributed by atoms with Gasteiger partial charge in [0.05, 0.1) is 6.10 Å². The Morgan fingerprint density at radius 1 is 1.33 bits per heavy atom. The maximum absolute atomic E-state index is 9.14. The van der Waals surface area contributed by atoms with Crippen LogP contribution in [0.15, 0.2) is 24.3 Å². The molecule has 0 aliphatic carbocycles. The predicted molar refractivity (Wildman–Crippen MR) is 63.9 cm³/mol. The highest BCUT2D eigenvalue weighted by atomic mass is 16.3. The fourth-order valence-electron chi connectivity index (χ4n) is 1.57. The summed E-state index contributed by atoms with van der Waals surface area (Å²) in [5.74, 6) is 0. The maximum atomic E-state index is 9.14. The minimum Gasteiger partial charge on any atom is -0.393 e. The zero-order valence-electron chi connectivity index (χ0n) is 9.83. The number of hydrogen-bond acceptors (Lipinski definition) is 2. The molecule has 1 aromatic rings. The second-order valence-electron chi connectivity index (χ2n) is 4.23. The van der Waals surface area contributed by atoms with Crippen LogP contribution in [0.25, 0.3) is 0 Å². The van der Waals surface area contributed by atoms with Crippen molar-refractivity contribution in [1.29, 1.82) is 0 Å². The highest BCUT2D eigenvalue weighted by molar-refractivity contribution is 5.24. The standard InChI is InChI=1S/C13H21NO/c1-10-5-4-6-13(9-10)12(3)14-8-7-11(2)15/h4-6,9,11-12,14-15H,7-8H2,1-3H3/t11?,12-/m1/s1. The molecule has 0 saturated carbocycles. The van der Waals surface area contributed by atoms with Crippen molar-refractivity contribution >= 4 is 0 Å². The topological polar surface area (TPSA) is 32.3 Å². The molecule has 1 rings (SSSR count). The Morgan fingerprint density at radius 3 is 2.67 bits per heavy atom. The third kappa shape index (κ3) is 4.45. The lowest BCUT2D eigenvalue weighted by Gasteiger charge is -2.15. The molecule has 0 radical (unpaired) electrons. The van der Waals surface area contributed by atoms with Gasteiger partial charge in [0.2, 0.25) is 0 Å². The van der Waals surface area contributed by atoms with Crippen LogP contribution in [-0.4, -0.2) is 17.8 Å². The molecule has 0 heterocycles. The largest absolute Gasteiger partial charge is 0.393 e. The molecule has 0 bridgehead atoms. The second kappa shape index (κ2) is 5.89. The fraction of sp³-hybridized carbons (Fsp3) is 0.538. The highest BCUT2D eigenvalue weighted by Gasteiger charge is 2.04. The molecule has 2 heteroatoms. The lowest BCUT2D eigenvalue weighted by molar-refractivity contribution is 0.182. The minimum absolute atomic E-state index is 0.220. The molecule has 0 amide bonds. The summed E-state index contributed by atoms with van der Waals surface area (Å²) >= 11 is 0. The summed E-state index contributed by atoms with van der Waals surface area (Å²) in [6.07, 6.45) is 0.582. The van der Waals surface area contributed by atoms with Crippen LogP contribution >= 0.6 is 0 Å². The average Bonchev–Trinajstić information content (AvgIpc) is 2.17. The monoisotopic (exact) mass is 207 g/mol. The van der Waals surface area contributed by atoms with E-state index in [-0.39, 0.29) is 6.10 Å². The van der Waals surface area contributed by atoms with Crippen molar-refractivity contribution in [1.82, 2.24) is 5.32 Å². The molecule has 15 heavy (non-hydrogen) atoms. The van der Waals surface area contributed by atoms with E-state index in [1.54, 1.807) is 0 Å². The quantitative estimate of drug-likeness (QED) is 0.777. The number of aryl methyl sites for hydroxylation is 1. The lowest BCUT2D eigenvalue weighted by atomic mass is 10.1. The third-order valence-electron chi connectivity index (χ3n) is 2.55. The Kier molecular flexibility index (Phi) is 4.79. The molecule has 2 atom stereocenters. The summed E-state index contributed by atoms with van der Waals surface area (Å²) in [7, 11) is 0. The van der Waals surface area contributed by atoms with E-state index in [9.17, 15) is 0 Å². The normalized spacial score (nSPS) is 14.9. The lowest BCUT2D eigenvalue weighted by Crippen LogP contribution is -2.22. The van der Waals surface area contributed by atoms with Crippen molar-refractivity contribution < 1.29 is 5.11 Å². The van der Waals surface area contributed by atoms with E-state index in [0.29, 0.717) is 6.04 Å². The Bertz CT molecular complexity index is 296. The van der Waals surface area contributed by atoms with Gasteiger partial charge in [-0.05, 0) is 39.3 Å². The van der Waals surface area contributed by atoms with E-state index in [0.717, 1.165) is 13.0 Å². The van der Waals surface area contributed by atoms with Crippen LogP contribution < -0.4 is 5.32 Å². The van der Waals surface area contributed by atoms with Crippen LogP contribution in [-0.2, 0) is 0 Å². The first kappa shape index (κ1) is 12.2. The van der Waals surface area contributed by atoms with Gasteiger partial charge < -0.3 is 10.4 Å². The van der Waals surface area contributed by atoms with E-state index in [4.69, 9.17) is 5.11 Å². The Labute approximate surface area is 92.3 Å². The van der Waals surface area contributed by atoms with Gasteiger partial charge in [-0.1, -0.05) is 29.8 Å². The van der Waals surface area contributed by atoms with Gasteiger partial charge in [0.15, 0.2) is 0 Å². The zero-order valence-corrected chi connectivity index (χ0v) is 9.83. The molecule has 0 aliphatic heterocycles. The number of nitrogens with one attached hydrogen (secondary N) is 1. The maximum Gasteiger partial charge on any atom is 0.0524 e. The molecule has 84 valence electrons. The first-order valence-corrected chi connectivity index (χ1v) is 5.57. The smallest absolute Gasteiger partial charge is 0.0524 e. The number of rotatable bonds is 5. The number of benzene rings is 1. The van der Waals surface area contributed by atoms with Gasteiger partial charge in [-0.25, -0.2) is 0 Å². The van der Waals surface area contributed by atoms with Crippen LogP contribution in [0.5, 0.6) is 0 Å². The van der Waals surface area contributed by atoms with Gasteiger partial charge in [0, 0.05) is 6.04 Å². The Morgan fingerprint density at radius 2 is 2.07 bits per heavy atom. The van der Waals surface area contributed by atoms with Crippen molar-refractivity contribution in [2.45, 2.75) is 39.3 Å². The molecule has 0 saturated heterocycles. The van der Waals surface area contributed by atoms with Gasteiger partial charge in [0.1, 0.15) is 0 Å². The molecular weight excluding hydrogens is 186 g/mol. The molecule has 0 aliphatic rings. The first-order valence-electron chi connectivity index (χ1n) is 5.57. The molecule has 0 spiro atoms. The molecule has 0 fully saturated rings. The SMILES string of the molecule is Cc1cccc([C@@H](C)NCCC(C)O)c1. The molecular formula is C13H21NO. The van der Waals surface area contributed by atoms with Crippen molar-refractivity contribution in [2.75, 3.05) is 6.54 Å². The summed E-state index contributed by atoms with van der Waals surface area (Å²) in [5, 5.41) is 12.5. The van der Waals surface area contributed by atoms with Crippen LogP contribution in [0.4, 0.5) is 0 Å². The number of aliphatic hydroxyl groups excluding tert-OH is 1. The summed E-state index contributed by atoms with van der Waals surface area (Å²) in [5.41, 5.74) is 2.59. The predicted octanol–water partition coefficient (Wildman–Crippen LogP) is 2.42. The van der Waals surface area contributed by atoms with Crippen LogP contribution in [0.3, 0.4) is 0 Å². The second-order valence-corrected chi connectivity index (χ2v) is 4.23. The van der Waals surface area contributed by atoms with Gasteiger partial charge in [-0.15, -0.1) is 0 Å². The Hall–Kier alpha value is -0.860. The van der Waals surface area contributed by atoms with E-state index in [1.165, 1.54) is 11.1 Å². The van der Waals surface area contributed by atoms with Gasteiger partial charge in [-0.2, -0.15) is 0 Å². The van der Waals surface area contributed by atoms with Gasteiger partial charge in [-0.3, -0.25) is 0 Å². The number of hydrogen-bond donors (Lipinski definition) is 2. The molecule has 2 nitrogen and oxygen atoms in total. The van der Waals surface area contributed by atoms with Crippen molar-refractivity contribution in [3.8, 4) is 0 Å². The van der Waals surface area contributed by atoms with Crippen LogP contribution in [0.1, 0.15) is 37.4 Å². The van der Waals surface area contributed by atoms with Gasteiger partial charge in [0.25, 0.3) is 0 Å². The van der Waals surface area contributed by atoms with Gasteiger partial charge >= 0.3 is 0 Å². The highest BCUT2D eigenvalue weighted by Crippen LogP contribution is 2.13. The Balaban J connectivity index is 2.43. The zero-order chi connectivity index (χ0) is 11.3. The first-order chi connectivity index (χ1) is 7.09. The molecule has 0 aromatic heterocycles. The summed E-state index contributed by atoms with van der Waals surface area (Å²) in [4.78, 5) is 0. The summed E-state index contributed by atoms with van der Waals surface area (Å²) in [6.45, 7) is 6.93. The summed E-state index contributed by atoms with van der Waals surface area (Å²) in [6, 6.07) is 8.86. The average molecular weight is 207 g/mol. The fourth-order valence-corrected chi connectivity index (χ4v) is 1.57. The minimum atomic E-state index is -0.220. The van der Waals surface area contributed by atoms with E-state index < -0.39 is 0 Å². The number of aliphatic hydroxyl groups is 1. The molecule has 1 unspecified atom stereocenters. The third-order valence-corrected chi connectivity index (χ3v) is 2.55. The molecule has 1 aromatic carbocycles. The van der Waals surface area contributed by atoms with Crippen molar-refractivity contribution in [3.63, 3.8) is 0 Å². The molecule has 2 N–H and O–H groups in total.